The molecule has 21 heavy (non-hydrogen) atoms. The molecule has 0 saturated carbocycles. The monoisotopic (exact) mass is 305 g/mol. The summed E-state index contributed by atoms with van der Waals surface area (Å²) >= 11 is 1.34. The zero-order valence-corrected chi connectivity index (χ0v) is 13.3. The number of nitrogens with one attached hydrogen (secondary N) is 1. The Morgan fingerprint density at radius 1 is 1.24 bits per heavy atom. The van der Waals surface area contributed by atoms with E-state index >= 15 is 0 Å². The van der Waals surface area contributed by atoms with Crippen molar-refractivity contribution in [3.8, 4) is 5.75 Å². The Morgan fingerprint density at radius 3 is 2.62 bits per heavy atom. The van der Waals surface area contributed by atoms with Gasteiger partial charge in [0.1, 0.15) is 12.4 Å². The van der Waals surface area contributed by atoms with Crippen molar-refractivity contribution < 1.29 is 9.53 Å². The summed E-state index contributed by atoms with van der Waals surface area (Å²) in [5, 5.41) is 11.9. The summed E-state index contributed by atoms with van der Waals surface area (Å²) in [7, 11) is 0. The molecule has 1 aromatic heterocycles. The summed E-state index contributed by atoms with van der Waals surface area (Å²) in [5.74, 6) is 0.787. The number of hydrogen-bond acceptors (Lipinski definition) is 5. The van der Waals surface area contributed by atoms with Gasteiger partial charge in [-0.1, -0.05) is 24.3 Å². The Hall–Kier alpha value is -1.95. The van der Waals surface area contributed by atoms with Crippen LogP contribution in [0.3, 0.4) is 0 Å². The molecule has 1 heterocycles. The van der Waals surface area contributed by atoms with Crippen molar-refractivity contribution in [1.29, 1.82) is 0 Å². The van der Waals surface area contributed by atoms with Crippen LogP contribution in [-0.4, -0.2) is 16.1 Å². The molecule has 2 aromatic rings. The topological polar surface area (TPSA) is 64.1 Å². The number of benzene rings is 1. The average Bonchev–Trinajstić information content (AvgIpc) is 2.83. The van der Waals surface area contributed by atoms with Gasteiger partial charge in [-0.3, -0.25) is 4.79 Å². The highest BCUT2D eigenvalue weighted by Gasteiger charge is 2.08. The van der Waals surface area contributed by atoms with Gasteiger partial charge in [0.25, 0.3) is 0 Å². The first kappa shape index (κ1) is 15.4. The Bertz CT molecular complexity index is 605. The van der Waals surface area contributed by atoms with Crippen LogP contribution >= 0.6 is 11.3 Å². The molecule has 0 aliphatic rings. The Kier molecular flexibility index (Phi) is 5.27. The second-order valence-corrected chi connectivity index (χ2v) is 5.97. The number of ether oxygens (including phenoxy) is 1. The second kappa shape index (κ2) is 7.17. The largest absolute Gasteiger partial charge is 0.486 e. The van der Waals surface area contributed by atoms with E-state index in [1.807, 2.05) is 32.9 Å². The van der Waals surface area contributed by atoms with Gasteiger partial charge in [0.15, 0.2) is 5.01 Å². The predicted octanol–water partition coefficient (Wildman–Crippen LogP) is 3.47. The first-order valence-corrected chi connectivity index (χ1v) is 7.72. The minimum atomic E-state index is -0.0320. The molecule has 1 amide bonds. The number of aromatic nitrogens is 2. The number of hydrogen-bond donors (Lipinski definition) is 1. The lowest BCUT2D eigenvalue weighted by Crippen LogP contribution is -2.10. The van der Waals surface area contributed by atoms with Gasteiger partial charge in [-0.25, -0.2) is 0 Å². The molecule has 0 aliphatic carbocycles. The van der Waals surface area contributed by atoms with Crippen molar-refractivity contribution in [2.45, 2.75) is 40.2 Å². The fourth-order valence-electron chi connectivity index (χ4n) is 1.93. The van der Waals surface area contributed by atoms with Crippen molar-refractivity contribution in [1.82, 2.24) is 10.2 Å². The van der Waals surface area contributed by atoms with E-state index in [9.17, 15) is 4.79 Å². The zero-order valence-electron chi connectivity index (χ0n) is 12.5. The maximum Gasteiger partial charge on any atom is 0.226 e. The number of carbonyl (C=O) groups is 1. The third-order valence-electron chi connectivity index (χ3n) is 2.75. The van der Waals surface area contributed by atoms with Crippen molar-refractivity contribution in [3.63, 3.8) is 0 Å². The lowest BCUT2D eigenvalue weighted by Gasteiger charge is -2.06. The molecular weight excluding hydrogens is 286 g/mol. The zero-order chi connectivity index (χ0) is 15.2. The van der Waals surface area contributed by atoms with E-state index in [1.54, 1.807) is 0 Å². The SMILES string of the molecule is CCCC(=O)Nc1nnc(COc2cc(C)cc(C)c2)s1. The summed E-state index contributed by atoms with van der Waals surface area (Å²) in [4.78, 5) is 11.5. The highest BCUT2D eigenvalue weighted by molar-refractivity contribution is 7.15. The normalized spacial score (nSPS) is 10.4. The summed E-state index contributed by atoms with van der Waals surface area (Å²) in [6.07, 6.45) is 1.31. The van der Waals surface area contributed by atoms with Gasteiger partial charge in [0, 0.05) is 6.42 Å². The van der Waals surface area contributed by atoms with Gasteiger partial charge < -0.3 is 10.1 Å². The minimum absolute atomic E-state index is 0.0320. The minimum Gasteiger partial charge on any atom is -0.486 e. The molecule has 5 nitrogen and oxygen atoms in total. The van der Waals surface area contributed by atoms with E-state index in [-0.39, 0.29) is 5.91 Å². The maximum absolute atomic E-state index is 11.5. The quantitative estimate of drug-likeness (QED) is 0.887. The van der Waals surface area contributed by atoms with Crippen LogP contribution in [0.25, 0.3) is 0 Å². The van der Waals surface area contributed by atoms with Gasteiger partial charge in [0.2, 0.25) is 11.0 Å². The molecule has 0 fully saturated rings. The third-order valence-corrected chi connectivity index (χ3v) is 3.56. The molecule has 0 radical (unpaired) electrons. The van der Waals surface area contributed by atoms with E-state index in [1.165, 1.54) is 11.3 Å². The van der Waals surface area contributed by atoms with E-state index in [0.29, 0.717) is 18.2 Å². The summed E-state index contributed by atoms with van der Waals surface area (Å²) < 4.78 is 5.71. The highest BCUT2D eigenvalue weighted by Crippen LogP contribution is 2.20. The fraction of sp³-hybridized carbons (Fsp3) is 0.400. The van der Waals surface area contributed by atoms with E-state index in [4.69, 9.17) is 4.74 Å². The molecule has 0 saturated heterocycles. The first-order chi connectivity index (χ1) is 10.1. The third kappa shape index (κ3) is 4.82. The number of nitrogens with zero attached hydrogens (tertiary/aromatic N) is 2. The van der Waals surface area contributed by atoms with Crippen molar-refractivity contribution in [3.05, 3.63) is 34.3 Å². The first-order valence-electron chi connectivity index (χ1n) is 6.90. The number of anilines is 1. The van der Waals surface area contributed by atoms with E-state index in [2.05, 4.69) is 21.6 Å². The van der Waals surface area contributed by atoms with Crippen LogP contribution in [0.4, 0.5) is 5.13 Å². The van der Waals surface area contributed by atoms with Gasteiger partial charge >= 0.3 is 0 Å². The molecule has 0 aliphatic heterocycles. The average molecular weight is 305 g/mol. The van der Waals surface area contributed by atoms with Gasteiger partial charge in [-0.15, -0.1) is 10.2 Å². The molecule has 112 valence electrons. The number of aryl methyl sites for hydroxylation is 2. The lowest BCUT2D eigenvalue weighted by atomic mass is 10.1. The van der Waals surface area contributed by atoms with Crippen molar-refractivity contribution in [2.75, 3.05) is 5.32 Å². The molecule has 1 aromatic carbocycles. The molecule has 1 N–H and O–H groups in total. The molecular formula is C15H19N3O2S. The smallest absolute Gasteiger partial charge is 0.226 e. The van der Waals surface area contributed by atoms with Crippen LogP contribution in [0.15, 0.2) is 18.2 Å². The predicted molar refractivity (Wildman–Crippen MR) is 83.7 cm³/mol. The molecule has 0 unspecified atom stereocenters. The van der Waals surface area contributed by atoms with Gasteiger partial charge in [-0.2, -0.15) is 0 Å². The molecule has 0 bridgehead atoms. The van der Waals surface area contributed by atoms with Crippen LogP contribution in [0, 0.1) is 13.8 Å². The standard InChI is InChI=1S/C15H19N3O2S/c1-4-5-13(19)16-15-18-17-14(21-15)9-20-12-7-10(2)6-11(3)8-12/h6-8H,4-5,9H2,1-3H3,(H,16,18,19). The Balaban J connectivity index is 1.92. The summed E-state index contributed by atoms with van der Waals surface area (Å²) in [5.41, 5.74) is 2.32. The van der Waals surface area contributed by atoms with Crippen LogP contribution in [0.5, 0.6) is 5.75 Å². The van der Waals surface area contributed by atoms with E-state index < -0.39 is 0 Å². The molecule has 0 spiro atoms. The second-order valence-electron chi connectivity index (χ2n) is 4.91. The number of carbonyl (C=O) groups excluding carboxylic acids is 1. The van der Waals surface area contributed by atoms with Crippen LogP contribution in [-0.2, 0) is 11.4 Å². The Labute approximate surface area is 128 Å². The van der Waals surface area contributed by atoms with Crippen LogP contribution in [0.2, 0.25) is 0 Å². The fourth-order valence-corrected chi connectivity index (χ4v) is 2.60. The van der Waals surface area contributed by atoms with Gasteiger partial charge in [-0.05, 0) is 43.5 Å². The van der Waals surface area contributed by atoms with E-state index in [0.717, 1.165) is 28.3 Å². The van der Waals surface area contributed by atoms with Crippen molar-refractivity contribution >= 4 is 22.4 Å². The highest BCUT2D eigenvalue weighted by atomic mass is 32.1. The van der Waals surface area contributed by atoms with Gasteiger partial charge in [0.05, 0.1) is 0 Å². The maximum atomic E-state index is 11.5. The summed E-state index contributed by atoms with van der Waals surface area (Å²) in [6.45, 7) is 6.38. The van der Waals surface area contributed by atoms with Crippen LogP contribution in [0.1, 0.15) is 35.9 Å². The molecule has 6 heteroatoms. The lowest BCUT2D eigenvalue weighted by molar-refractivity contribution is -0.116. The Morgan fingerprint density at radius 2 is 1.95 bits per heavy atom. The van der Waals surface area contributed by atoms with Crippen LogP contribution < -0.4 is 10.1 Å². The number of amides is 1. The molecule has 0 atom stereocenters. The molecule has 2 rings (SSSR count). The summed E-state index contributed by atoms with van der Waals surface area (Å²) in [6, 6.07) is 6.06. The number of rotatable bonds is 6. The van der Waals surface area contributed by atoms with Crippen molar-refractivity contribution in [2.24, 2.45) is 0 Å².